The van der Waals surface area contributed by atoms with Crippen LogP contribution in [0.4, 0.5) is 5.69 Å². The number of hydrogen-bond acceptors (Lipinski definition) is 4. The fourth-order valence-electron chi connectivity index (χ4n) is 2.46. The van der Waals surface area contributed by atoms with E-state index in [1.54, 1.807) is 0 Å². The molecule has 2 unspecified atom stereocenters. The summed E-state index contributed by atoms with van der Waals surface area (Å²) < 4.78 is 11.3. The summed E-state index contributed by atoms with van der Waals surface area (Å²) in [5.74, 6) is 0.919. The van der Waals surface area contributed by atoms with Crippen LogP contribution in [0.25, 0.3) is 0 Å². The summed E-state index contributed by atoms with van der Waals surface area (Å²) in [6.07, 6.45) is 1.22. The molecule has 112 valence electrons. The third kappa shape index (κ3) is 4.69. The van der Waals surface area contributed by atoms with Crippen LogP contribution in [0, 0.1) is 0 Å². The first-order valence-electron chi connectivity index (χ1n) is 7.48. The Hall–Kier alpha value is -1.26. The average Bonchev–Trinajstić information content (AvgIpc) is 2.41. The number of rotatable bonds is 6. The number of nitrogens with one attached hydrogen (secondary N) is 2. The molecule has 1 saturated heterocycles. The Kier molecular flexibility index (Phi) is 5.68. The van der Waals surface area contributed by atoms with Crippen molar-refractivity contribution in [2.24, 2.45) is 0 Å². The summed E-state index contributed by atoms with van der Waals surface area (Å²) >= 11 is 0. The maximum absolute atomic E-state index is 5.83. The second-order valence-electron chi connectivity index (χ2n) is 5.67. The molecular weight excluding hydrogens is 252 g/mol. The van der Waals surface area contributed by atoms with Gasteiger partial charge in [0, 0.05) is 18.6 Å². The molecule has 0 aromatic heterocycles. The van der Waals surface area contributed by atoms with E-state index >= 15 is 0 Å². The molecule has 4 heteroatoms. The lowest BCUT2D eigenvalue weighted by atomic mass is 10.1. The number of ether oxygens (including phenoxy) is 2. The number of para-hydroxylation sites is 2. The van der Waals surface area contributed by atoms with E-state index in [2.05, 4.69) is 23.6 Å². The monoisotopic (exact) mass is 278 g/mol. The van der Waals surface area contributed by atoms with E-state index in [1.165, 1.54) is 0 Å². The minimum absolute atomic E-state index is 0.182. The normalized spacial score (nSPS) is 20.7. The molecule has 0 spiro atoms. The van der Waals surface area contributed by atoms with Crippen molar-refractivity contribution in [2.45, 2.75) is 45.4 Å². The van der Waals surface area contributed by atoms with E-state index in [1.807, 2.05) is 32.0 Å². The van der Waals surface area contributed by atoms with E-state index in [-0.39, 0.29) is 6.10 Å². The zero-order valence-electron chi connectivity index (χ0n) is 12.7. The fourth-order valence-corrected chi connectivity index (χ4v) is 2.46. The van der Waals surface area contributed by atoms with Gasteiger partial charge in [-0.05, 0) is 39.3 Å². The zero-order valence-corrected chi connectivity index (χ0v) is 12.7. The second kappa shape index (κ2) is 7.50. The topological polar surface area (TPSA) is 42.5 Å². The molecule has 20 heavy (non-hydrogen) atoms. The lowest BCUT2D eigenvalue weighted by Crippen LogP contribution is -2.43. The van der Waals surface area contributed by atoms with Gasteiger partial charge in [0.05, 0.1) is 25.0 Å². The van der Waals surface area contributed by atoms with Crippen LogP contribution in [0.3, 0.4) is 0 Å². The van der Waals surface area contributed by atoms with E-state index in [9.17, 15) is 0 Å². The number of anilines is 1. The molecule has 1 aliphatic rings. The van der Waals surface area contributed by atoms with Crippen LogP contribution in [-0.2, 0) is 4.74 Å². The number of benzene rings is 1. The van der Waals surface area contributed by atoms with Gasteiger partial charge in [-0.3, -0.25) is 0 Å². The Labute approximate surface area is 121 Å². The van der Waals surface area contributed by atoms with Crippen molar-refractivity contribution in [3.05, 3.63) is 24.3 Å². The van der Waals surface area contributed by atoms with Gasteiger partial charge in [0.25, 0.3) is 0 Å². The molecule has 1 aromatic rings. The fraction of sp³-hybridized carbons (Fsp3) is 0.625. The first kappa shape index (κ1) is 15.1. The molecular formula is C16H26N2O2. The van der Waals surface area contributed by atoms with Crippen LogP contribution in [0.5, 0.6) is 5.75 Å². The maximum atomic E-state index is 5.83. The first-order valence-corrected chi connectivity index (χ1v) is 7.48. The highest BCUT2D eigenvalue weighted by Crippen LogP contribution is 2.26. The lowest BCUT2D eigenvalue weighted by molar-refractivity contribution is 0.0731. The molecule has 1 heterocycles. The molecule has 1 aromatic carbocycles. The maximum Gasteiger partial charge on any atom is 0.142 e. The van der Waals surface area contributed by atoms with Gasteiger partial charge >= 0.3 is 0 Å². The van der Waals surface area contributed by atoms with E-state index in [0.29, 0.717) is 12.1 Å². The van der Waals surface area contributed by atoms with Gasteiger partial charge in [-0.1, -0.05) is 12.1 Å². The van der Waals surface area contributed by atoms with Crippen LogP contribution in [-0.4, -0.2) is 37.9 Å². The van der Waals surface area contributed by atoms with Crippen LogP contribution >= 0.6 is 0 Å². The molecule has 0 amide bonds. The minimum Gasteiger partial charge on any atom is -0.489 e. The van der Waals surface area contributed by atoms with Gasteiger partial charge in [0.2, 0.25) is 0 Å². The molecule has 2 rings (SSSR count). The average molecular weight is 278 g/mol. The molecule has 0 bridgehead atoms. The third-order valence-electron chi connectivity index (χ3n) is 3.29. The molecule has 2 atom stereocenters. The third-order valence-corrected chi connectivity index (χ3v) is 3.29. The van der Waals surface area contributed by atoms with Gasteiger partial charge in [-0.25, -0.2) is 0 Å². The van der Waals surface area contributed by atoms with Crippen molar-refractivity contribution in [3.63, 3.8) is 0 Å². The molecule has 1 fully saturated rings. The molecule has 2 N–H and O–H groups in total. The van der Waals surface area contributed by atoms with Crippen molar-refractivity contribution in [1.29, 1.82) is 0 Å². The first-order chi connectivity index (χ1) is 9.65. The SMILES string of the molecule is CC(CC1COCCN1)Nc1ccccc1OC(C)C. The van der Waals surface area contributed by atoms with E-state index < -0.39 is 0 Å². The summed E-state index contributed by atoms with van der Waals surface area (Å²) in [7, 11) is 0. The smallest absolute Gasteiger partial charge is 0.142 e. The van der Waals surface area contributed by atoms with Crippen LogP contribution < -0.4 is 15.4 Å². The Morgan fingerprint density at radius 2 is 2.15 bits per heavy atom. The van der Waals surface area contributed by atoms with Crippen LogP contribution in [0.2, 0.25) is 0 Å². The number of morpholine rings is 1. The highest BCUT2D eigenvalue weighted by atomic mass is 16.5. The van der Waals surface area contributed by atoms with Gasteiger partial charge in [-0.15, -0.1) is 0 Å². The lowest BCUT2D eigenvalue weighted by Gasteiger charge is -2.27. The standard InChI is InChI=1S/C16H26N2O2/c1-12(2)20-16-7-5-4-6-15(16)18-13(3)10-14-11-19-9-8-17-14/h4-7,12-14,17-18H,8-11H2,1-3H3. The van der Waals surface area contributed by atoms with Crippen molar-refractivity contribution in [3.8, 4) is 5.75 Å². The molecule has 0 aliphatic carbocycles. The Morgan fingerprint density at radius 3 is 2.85 bits per heavy atom. The molecule has 1 aliphatic heterocycles. The Balaban J connectivity index is 1.91. The van der Waals surface area contributed by atoms with Crippen molar-refractivity contribution in [1.82, 2.24) is 5.32 Å². The van der Waals surface area contributed by atoms with Gasteiger partial charge < -0.3 is 20.1 Å². The Bertz CT molecular complexity index is 403. The summed E-state index contributed by atoms with van der Waals surface area (Å²) in [5.41, 5.74) is 1.06. The summed E-state index contributed by atoms with van der Waals surface area (Å²) in [5, 5.41) is 7.03. The number of hydrogen-bond donors (Lipinski definition) is 2. The molecule has 0 radical (unpaired) electrons. The van der Waals surface area contributed by atoms with Crippen molar-refractivity contribution in [2.75, 3.05) is 25.1 Å². The quantitative estimate of drug-likeness (QED) is 0.839. The summed E-state index contributed by atoms with van der Waals surface area (Å²) in [6.45, 7) is 8.86. The zero-order chi connectivity index (χ0) is 14.4. The second-order valence-corrected chi connectivity index (χ2v) is 5.67. The van der Waals surface area contributed by atoms with E-state index in [4.69, 9.17) is 9.47 Å². The predicted octanol–water partition coefficient (Wildman–Crippen LogP) is 2.65. The van der Waals surface area contributed by atoms with Crippen LogP contribution in [0.15, 0.2) is 24.3 Å². The summed E-state index contributed by atoms with van der Waals surface area (Å²) in [6, 6.07) is 8.92. The largest absolute Gasteiger partial charge is 0.489 e. The van der Waals surface area contributed by atoms with E-state index in [0.717, 1.165) is 37.6 Å². The van der Waals surface area contributed by atoms with Crippen LogP contribution in [0.1, 0.15) is 27.2 Å². The highest BCUT2D eigenvalue weighted by molar-refractivity contribution is 5.56. The highest BCUT2D eigenvalue weighted by Gasteiger charge is 2.17. The summed E-state index contributed by atoms with van der Waals surface area (Å²) in [4.78, 5) is 0. The molecule has 4 nitrogen and oxygen atoms in total. The predicted molar refractivity (Wildman–Crippen MR) is 82.5 cm³/mol. The van der Waals surface area contributed by atoms with Crippen molar-refractivity contribution < 1.29 is 9.47 Å². The van der Waals surface area contributed by atoms with Gasteiger partial charge in [0.1, 0.15) is 5.75 Å². The molecule has 0 saturated carbocycles. The van der Waals surface area contributed by atoms with Gasteiger partial charge in [-0.2, -0.15) is 0 Å². The Morgan fingerprint density at radius 1 is 1.35 bits per heavy atom. The minimum atomic E-state index is 0.182. The van der Waals surface area contributed by atoms with Crippen molar-refractivity contribution >= 4 is 5.69 Å². The van der Waals surface area contributed by atoms with Gasteiger partial charge in [0.15, 0.2) is 0 Å².